The predicted molar refractivity (Wildman–Crippen MR) is 97.3 cm³/mol. The van der Waals surface area contributed by atoms with Crippen molar-refractivity contribution in [1.29, 1.82) is 0 Å². The molecule has 0 saturated heterocycles. The van der Waals surface area contributed by atoms with E-state index >= 15 is 0 Å². The van der Waals surface area contributed by atoms with Crippen LogP contribution in [0.15, 0.2) is 59.4 Å². The predicted octanol–water partition coefficient (Wildman–Crippen LogP) is 3.99. The van der Waals surface area contributed by atoms with Gasteiger partial charge in [-0.05, 0) is 36.4 Å². The zero-order valence-corrected chi connectivity index (χ0v) is 14.1. The molecular weight excluding hydrogens is 353 g/mol. The molecule has 0 unspecified atom stereocenters. The highest BCUT2D eigenvalue weighted by molar-refractivity contribution is 7.07. The molecule has 0 aliphatic carbocycles. The number of carbonyl (C=O) groups is 1. The van der Waals surface area contributed by atoms with Crippen molar-refractivity contribution < 1.29 is 9.18 Å². The van der Waals surface area contributed by atoms with Crippen molar-refractivity contribution in [3.8, 4) is 22.8 Å². The molecular formula is C18H12FN5OS. The smallest absolute Gasteiger partial charge is 0.275 e. The molecule has 0 radical (unpaired) electrons. The number of aromatic nitrogens is 4. The van der Waals surface area contributed by atoms with Crippen LogP contribution in [0.2, 0.25) is 0 Å². The summed E-state index contributed by atoms with van der Waals surface area (Å²) >= 11 is 1.36. The van der Waals surface area contributed by atoms with Gasteiger partial charge < -0.3 is 10.3 Å². The third-order valence-corrected chi connectivity index (χ3v) is 4.25. The number of benzene rings is 2. The summed E-state index contributed by atoms with van der Waals surface area (Å²) in [5, 5.41) is 12.6. The van der Waals surface area contributed by atoms with Gasteiger partial charge in [-0.15, -0.1) is 21.5 Å². The van der Waals surface area contributed by atoms with Crippen molar-refractivity contribution in [1.82, 2.24) is 20.2 Å². The number of hydrogen-bond acceptors (Lipinski definition) is 5. The number of nitrogens with zero attached hydrogens (tertiary/aromatic N) is 3. The lowest BCUT2D eigenvalue weighted by Crippen LogP contribution is -2.11. The minimum atomic E-state index is -0.333. The number of amides is 1. The van der Waals surface area contributed by atoms with E-state index in [0.29, 0.717) is 28.6 Å². The first-order valence-electron chi connectivity index (χ1n) is 7.67. The summed E-state index contributed by atoms with van der Waals surface area (Å²) in [5.74, 6) is 0.453. The van der Waals surface area contributed by atoms with Crippen LogP contribution in [0.4, 0.5) is 10.1 Å². The molecule has 0 saturated carbocycles. The van der Waals surface area contributed by atoms with Gasteiger partial charge in [0.2, 0.25) is 0 Å². The summed E-state index contributed by atoms with van der Waals surface area (Å²) in [7, 11) is 0. The summed E-state index contributed by atoms with van der Waals surface area (Å²) < 4.78 is 13.3. The number of carbonyl (C=O) groups excluding carboxylic acids is 1. The molecule has 0 fully saturated rings. The summed E-state index contributed by atoms with van der Waals surface area (Å²) in [6.07, 6.45) is 0. The van der Waals surface area contributed by atoms with E-state index in [1.807, 2.05) is 12.1 Å². The summed E-state index contributed by atoms with van der Waals surface area (Å²) in [4.78, 5) is 19.0. The monoisotopic (exact) mass is 365 g/mol. The fraction of sp³-hybridized carbons (Fsp3) is 0. The van der Waals surface area contributed by atoms with Crippen molar-refractivity contribution in [3.05, 3.63) is 70.9 Å². The van der Waals surface area contributed by atoms with Crippen LogP contribution >= 0.6 is 11.3 Å². The standard InChI is InChI=1S/C18H12FN5OS/c19-13-3-1-2-12(8-13)17-22-16(23-24-17)11-4-6-14(7-5-11)21-18(25)15-9-26-10-20-15/h1-10H,(H,21,25)(H,22,23,24). The first-order valence-corrected chi connectivity index (χ1v) is 8.62. The molecule has 4 rings (SSSR count). The lowest BCUT2D eigenvalue weighted by molar-refractivity contribution is 0.102. The Balaban J connectivity index is 1.51. The fourth-order valence-corrected chi connectivity index (χ4v) is 2.92. The largest absolute Gasteiger partial charge is 0.321 e. The van der Waals surface area contributed by atoms with Gasteiger partial charge >= 0.3 is 0 Å². The Hall–Kier alpha value is -3.39. The van der Waals surface area contributed by atoms with Crippen LogP contribution in [0.25, 0.3) is 22.8 Å². The molecule has 4 aromatic rings. The molecule has 2 aromatic carbocycles. The summed E-state index contributed by atoms with van der Waals surface area (Å²) in [6, 6.07) is 13.3. The van der Waals surface area contributed by atoms with E-state index in [9.17, 15) is 9.18 Å². The lowest BCUT2D eigenvalue weighted by atomic mass is 10.2. The van der Waals surface area contributed by atoms with E-state index in [4.69, 9.17) is 0 Å². The first kappa shape index (κ1) is 16.1. The van der Waals surface area contributed by atoms with Crippen molar-refractivity contribution in [2.75, 3.05) is 5.32 Å². The average Bonchev–Trinajstić information content (AvgIpc) is 3.35. The Morgan fingerprint density at radius 1 is 1.04 bits per heavy atom. The van der Waals surface area contributed by atoms with Gasteiger partial charge in [-0.25, -0.2) is 9.37 Å². The SMILES string of the molecule is O=C(Nc1ccc(-c2nnc(-c3cccc(F)c3)[nH]2)cc1)c1cscn1. The molecule has 2 N–H and O–H groups in total. The van der Waals surface area contributed by atoms with Gasteiger partial charge in [-0.1, -0.05) is 12.1 Å². The second kappa shape index (κ2) is 6.85. The number of hydrogen-bond donors (Lipinski definition) is 2. The third kappa shape index (κ3) is 3.35. The second-order valence-electron chi connectivity index (χ2n) is 5.44. The summed E-state index contributed by atoms with van der Waals surface area (Å²) in [6.45, 7) is 0. The Kier molecular flexibility index (Phi) is 4.24. The van der Waals surface area contributed by atoms with Crippen LogP contribution in [0.5, 0.6) is 0 Å². The van der Waals surface area contributed by atoms with Crippen molar-refractivity contribution in [3.63, 3.8) is 0 Å². The topological polar surface area (TPSA) is 83.6 Å². The minimum absolute atomic E-state index is 0.257. The number of rotatable bonds is 4. The molecule has 0 aliphatic rings. The quantitative estimate of drug-likeness (QED) is 0.573. The van der Waals surface area contributed by atoms with E-state index < -0.39 is 0 Å². The molecule has 0 atom stereocenters. The van der Waals surface area contributed by atoms with Crippen LogP contribution in [0, 0.1) is 5.82 Å². The highest BCUT2D eigenvalue weighted by Crippen LogP contribution is 2.22. The molecule has 6 nitrogen and oxygen atoms in total. The van der Waals surface area contributed by atoms with Gasteiger partial charge in [0.15, 0.2) is 11.6 Å². The molecule has 0 aliphatic heterocycles. The van der Waals surface area contributed by atoms with Gasteiger partial charge in [0.25, 0.3) is 5.91 Å². The molecule has 26 heavy (non-hydrogen) atoms. The summed E-state index contributed by atoms with van der Waals surface area (Å²) in [5.41, 5.74) is 4.06. The molecule has 8 heteroatoms. The van der Waals surface area contributed by atoms with E-state index in [-0.39, 0.29) is 11.7 Å². The maximum Gasteiger partial charge on any atom is 0.275 e. The van der Waals surface area contributed by atoms with Gasteiger partial charge in [0.05, 0.1) is 5.51 Å². The second-order valence-corrected chi connectivity index (χ2v) is 6.16. The van der Waals surface area contributed by atoms with Crippen molar-refractivity contribution in [2.24, 2.45) is 0 Å². The zero-order valence-electron chi connectivity index (χ0n) is 13.3. The van der Waals surface area contributed by atoms with Gasteiger partial charge in [0.1, 0.15) is 11.5 Å². The first-order chi connectivity index (χ1) is 12.7. The van der Waals surface area contributed by atoms with E-state index in [1.54, 1.807) is 35.2 Å². The zero-order chi connectivity index (χ0) is 17.9. The minimum Gasteiger partial charge on any atom is -0.321 e. The number of halogens is 1. The fourth-order valence-electron chi connectivity index (χ4n) is 2.39. The van der Waals surface area contributed by atoms with E-state index in [1.165, 1.54) is 23.5 Å². The molecule has 0 bridgehead atoms. The maximum absolute atomic E-state index is 13.3. The highest BCUT2D eigenvalue weighted by Gasteiger charge is 2.10. The van der Waals surface area contributed by atoms with Crippen LogP contribution in [0.1, 0.15) is 10.5 Å². The normalized spacial score (nSPS) is 10.7. The number of nitrogens with one attached hydrogen (secondary N) is 2. The van der Waals surface area contributed by atoms with Crippen LogP contribution in [-0.2, 0) is 0 Å². The average molecular weight is 365 g/mol. The van der Waals surface area contributed by atoms with Gasteiger partial charge in [-0.2, -0.15) is 0 Å². The Labute approximate surface area is 151 Å². The number of H-pyrrole nitrogens is 1. The Morgan fingerprint density at radius 2 is 1.81 bits per heavy atom. The van der Waals surface area contributed by atoms with Crippen LogP contribution in [-0.4, -0.2) is 26.1 Å². The molecule has 0 spiro atoms. The molecule has 2 aromatic heterocycles. The third-order valence-electron chi connectivity index (χ3n) is 3.67. The van der Waals surface area contributed by atoms with Crippen molar-refractivity contribution >= 4 is 22.9 Å². The van der Waals surface area contributed by atoms with Crippen LogP contribution < -0.4 is 5.32 Å². The lowest BCUT2D eigenvalue weighted by Gasteiger charge is -2.04. The molecule has 2 heterocycles. The Morgan fingerprint density at radius 3 is 2.50 bits per heavy atom. The molecule has 128 valence electrons. The van der Waals surface area contributed by atoms with Crippen molar-refractivity contribution in [2.45, 2.75) is 0 Å². The van der Waals surface area contributed by atoms with Gasteiger partial charge in [-0.3, -0.25) is 4.79 Å². The number of aromatic amines is 1. The molecule has 1 amide bonds. The number of anilines is 1. The van der Waals surface area contributed by atoms with Gasteiger partial charge in [0, 0.05) is 22.2 Å². The van der Waals surface area contributed by atoms with E-state index in [0.717, 1.165) is 5.56 Å². The van der Waals surface area contributed by atoms with Crippen LogP contribution in [0.3, 0.4) is 0 Å². The Bertz CT molecular complexity index is 1040. The van der Waals surface area contributed by atoms with E-state index in [2.05, 4.69) is 25.5 Å². The number of thiazole rings is 1. The highest BCUT2D eigenvalue weighted by atomic mass is 32.1. The maximum atomic E-state index is 13.3.